The molecule has 0 amide bonds. The predicted molar refractivity (Wildman–Crippen MR) is 69.3 cm³/mol. The van der Waals surface area contributed by atoms with E-state index in [0.717, 1.165) is 18.1 Å². The van der Waals surface area contributed by atoms with Crippen LogP contribution in [-0.2, 0) is 6.61 Å². The molecule has 0 fully saturated rings. The molecule has 0 bridgehead atoms. The van der Waals surface area contributed by atoms with E-state index < -0.39 is 0 Å². The zero-order valence-corrected chi connectivity index (χ0v) is 9.87. The number of aromatic nitrogens is 1. The smallest absolute Gasteiger partial charge is 0.133 e. The monoisotopic (exact) mass is 228 g/mol. The highest BCUT2D eigenvalue weighted by atomic mass is 16.3. The number of aliphatic hydroxyl groups is 1. The van der Waals surface area contributed by atoms with Crippen molar-refractivity contribution in [2.24, 2.45) is 0 Å². The Bertz CT molecular complexity index is 471. The molecule has 1 heterocycles. The van der Waals surface area contributed by atoms with Crippen molar-refractivity contribution in [1.29, 1.82) is 0 Å². The third-order valence-corrected chi connectivity index (χ3v) is 2.61. The van der Waals surface area contributed by atoms with Gasteiger partial charge in [-0.05, 0) is 31.2 Å². The summed E-state index contributed by atoms with van der Waals surface area (Å²) in [5.41, 5.74) is 1.80. The van der Waals surface area contributed by atoms with Gasteiger partial charge in [0.15, 0.2) is 0 Å². The zero-order chi connectivity index (χ0) is 12.1. The van der Waals surface area contributed by atoms with Crippen LogP contribution in [0.2, 0.25) is 0 Å². The van der Waals surface area contributed by atoms with Gasteiger partial charge in [0.05, 0.1) is 12.3 Å². The van der Waals surface area contributed by atoms with Crippen molar-refractivity contribution < 1.29 is 5.11 Å². The predicted octanol–water partition coefficient (Wildman–Crippen LogP) is 2.73. The molecule has 0 atom stereocenters. The van der Waals surface area contributed by atoms with Crippen LogP contribution in [0, 0.1) is 0 Å². The Morgan fingerprint density at radius 2 is 1.82 bits per heavy atom. The summed E-state index contributed by atoms with van der Waals surface area (Å²) in [6, 6.07) is 15.8. The lowest BCUT2D eigenvalue weighted by Crippen LogP contribution is -2.17. The average molecular weight is 228 g/mol. The van der Waals surface area contributed by atoms with Crippen molar-refractivity contribution in [2.75, 3.05) is 11.4 Å². The number of rotatable bonds is 4. The number of aliphatic hydroxyl groups excluding tert-OH is 1. The van der Waals surface area contributed by atoms with Gasteiger partial charge in [-0.2, -0.15) is 0 Å². The van der Waals surface area contributed by atoms with Crippen LogP contribution in [0.15, 0.2) is 48.5 Å². The van der Waals surface area contributed by atoms with Gasteiger partial charge in [-0.15, -0.1) is 0 Å². The van der Waals surface area contributed by atoms with Crippen LogP contribution < -0.4 is 4.90 Å². The van der Waals surface area contributed by atoms with Crippen LogP contribution in [0.4, 0.5) is 11.5 Å². The molecule has 0 aliphatic rings. The van der Waals surface area contributed by atoms with Crippen molar-refractivity contribution >= 4 is 11.5 Å². The third-order valence-electron chi connectivity index (χ3n) is 2.61. The van der Waals surface area contributed by atoms with E-state index in [-0.39, 0.29) is 6.61 Å². The molecule has 1 N–H and O–H groups in total. The Hall–Kier alpha value is -1.87. The highest BCUT2D eigenvalue weighted by molar-refractivity contribution is 5.59. The van der Waals surface area contributed by atoms with Gasteiger partial charge in [-0.3, -0.25) is 0 Å². The zero-order valence-electron chi connectivity index (χ0n) is 9.87. The van der Waals surface area contributed by atoms with Crippen molar-refractivity contribution in [3.05, 3.63) is 54.2 Å². The number of nitrogens with zero attached hydrogens (tertiary/aromatic N) is 2. The molecule has 17 heavy (non-hydrogen) atoms. The summed E-state index contributed by atoms with van der Waals surface area (Å²) < 4.78 is 0. The number of anilines is 2. The first kappa shape index (κ1) is 11.6. The molecule has 3 nitrogen and oxygen atoms in total. The Balaban J connectivity index is 2.35. The minimum atomic E-state index is -0.0276. The first-order chi connectivity index (χ1) is 8.35. The molecule has 0 unspecified atom stereocenters. The van der Waals surface area contributed by atoms with E-state index in [1.54, 1.807) is 0 Å². The highest BCUT2D eigenvalue weighted by Gasteiger charge is 2.08. The molecular weight excluding hydrogens is 212 g/mol. The number of hydrogen-bond acceptors (Lipinski definition) is 3. The lowest BCUT2D eigenvalue weighted by Gasteiger charge is -2.22. The van der Waals surface area contributed by atoms with E-state index in [1.807, 2.05) is 36.4 Å². The van der Waals surface area contributed by atoms with Crippen LogP contribution in [0.3, 0.4) is 0 Å². The molecule has 0 spiro atoms. The maximum absolute atomic E-state index is 9.11. The van der Waals surface area contributed by atoms with E-state index in [0.29, 0.717) is 5.69 Å². The summed E-state index contributed by atoms with van der Waals surface area (Å²) >= 11 is 0. The van der Waals surface area contributed by atoms with Gasteiger partial charge < -0.3 is 10.0 Å². The molecule has 1 aromatic heterocycles. The van der Waals surface area contributed by atoms with Crippen LogP contribution in [0.25, 0.3) is 0 Å². The Morgan fingerprint density at radius 1 is 1.06 bits per heavy atom. The molecule has 0 aliphatic carbocycles. The van der Waals surface area contributed by atoms with Gasteiger partial charge in [-0.1, -0.05) is 24.3 Å². The van der Waals surface area contributed by atoms with Crippen molar-refractivity contribution in [3.63, 3.8) is 0 Å². The number of pyridine rings is 1. The molecule has 1 aromatic carbocycles. The minimum absolute atomic E-state index is 0.0276. The van der Waals surface area contributed by atoms with Gasteiger partial charge in [0.2, 0.25) is 0 Å². The van der Waals surface area contributed by atoms with Crippen LogP contribution in [0.5, 0.6) is 0 Å². The minimum Gasteiger partial charge on any atom is -0.390 e. The fourth-order valence-corrected chi connectivity index (χ4v) is 1.79. The Kier molecular flexibility index (Phi) is 3.73. The summed E-state index contributed by atoms with van der Waals surface area (Å²) in [5.74, 6) is 0.866. The van der Waals surface area contributed by atoms with E-state index in [1.165, 1.54) is 0 Å². The van der Waals surface area contributed by atoms with Gasteiger partial charge in [-0.25, -0.2) is 4.98 Å². The van der Waals surface area contributed by atoms with Crippen molar-refractivity contribution in [1.82, 2.24) is 4.98 Å². The van der Waals surface area contributed by atoms with Gasteiger partial charge in [0, 0.05) is 12.2 Å². The van der Waals surface area contributed by atoms with E-state index in [2.05, 4.69) is 28.9 Å². The van der Waals surface area contributed by atoms with Crippen LogP contribution >= 0.6 is 0 Å². The highest BCUT2D eigenvalue weighted by Crippen LogP contribution is 2.22. The fourth-order valence-electron chi connectivity index (χ4n) is 1.79. The number of hydrogen-bond donors (Lipinski definition) is 1. The summed E-state index contributed by atoms with van der Waals surface area (Å²) in [6.07, 6.45) is 0. The molecule has 0 saturated heterocycles. The Morgan fingerprint density at radius 3 is 2.47 bits per heavy atom. The van der Waals surface area contributed by atoms with E-state index in [4.69, 9.17) is 5.11 Å². The second kappa shape index (κ2) is 5.46. The maximum atomic E-state index is 9.11. The normalized spacial score (nSPS) is 10.2. The molecule has 0 aliphatic heterocycles. The average Bonchev–Trinajstić information content (AvgIpc) is 2.41. The van der Waals surface area contributed by atoms with Gasteiger partial charge in [0.25, 0.3) is 0 Å². The largest absolute Gasteiger partial charge is 0.390 e. The second-order valence-corrected chi connectivity index (χ2v) is 3.73. The van der Waals surface area contributed by atoms with Crippen LogP contribution in [-0.4, -0.2) is 16.6 Å². The van der Waals surface area contributed by atoms with E-state index >= 15 is 0 Å². The topological polar surface area (TPSA) is 36.4 Å². The number of para-hydroxylation sites is 1. The van der Waals surface area contributed by atoms with E-state index in [9.17, 15) is 0 Å². The molecule has 2 aromatic rings. The maximum Gasteiger partial charge on any atom is 0.133 e. The van der Waals surface area contributed by atoms with Gasteiger partial charge in [0.1, 0.15) is 5.82 Å². The second-order valence-electron chi connectivity index (χ2n) is 3.73. The van der Waals surface area contributed by atoms with Gasteiger partial charge >= 0.3 is 0 Å². The van der Waals surface area contributed by atoms with Crippen LogP contribution in [0.1, 0.15) is 12.6 Å². The quantitative estimate of drug-likeness (QED) is 0.874. The first-order valence-electron chi connectivity index (χ1n) is 5.74. The SMILES string of the molecule is CCN(c1ccccc1)c1cccc(CO)n1. The summed E-state index contributed by atoms with van der Waals surface area (Å²) in [4.78, 5) is 6.52. The molecule has 88 valence electrons. The standard InChI is InChI=1S/C14H16N2O/c1-2-16(13-8-4-3-5-9-13)14-10-6-7-12(11-17)15-14/h3-10,17H,2,11H2,1H3. The number of benzene rings is 1. The first-order valence-corrected chi connectivity index (χ1v) is 5.74. The molecule has 3 heteroatoms. The Labute approximate surface area is 101 Å². The van der Waals surface area contributed by atoms with Crippen molar-refractivity contribution in [3.8, 4) is 0 Å². The summed E-state index contributed by atoms with van der Waals surface area (Å²) in [5, 5.41) is 9.11. The molecule has 0 saturated carbocycles. The summed E-state index contributed by atoms with van der Waals surface area (Å²) in [7, 11) is 0. The molecule has 0 radical (unpaired) electrons. The summed E-state index contributed by atoms with van der Waals surface area (Å²) in [6.45, 7) is 2.90. The lowest BCUT2D eigenvalue weighted by atomic mass is 10.2. The fraction of sp³-hybridized carbons (Fsp3) is 0.214. The molecular formula is C14H16N2O. The van der Waals surface area contributed by atoms with Crippen molar-refractivity contribution in [2.45, 2.75) is 13.5 Å². The lowest BCUT2D eigenvalue weighted by molar-refractivity contribution is 0.277. The molecule has 2 rings (SSSR count). The third kappa shape index (κ3) is 2.63.